The molecule has 1 aliphatic carbocycles. The van der Waals surface area contributed by atoms with E-state index in [1.54, 1.807) is 0 Å². The summed E-state index contributed by atoms with van der Waals surface area (Å²) in [4.78, 5) is 24.1. The Morgan fingerprint density at radius 1 is 1.11 bits per heavy atom. The van der Waals surface area contributed by atoms with E-state index in [4.69, 9.17) is 5.73 Å². The molecule has 2 aromatic rings. The highest BCUT2D eigenvalue weighted by molar-refractivity contribution is 7.94. The van der Waals surface area contributed by atoms with Crippen LogP contribution in [0.2, 0.25) is 0 Å². The minimum absolute atomic E-state index is 0.00476. The van der Waals surface area contributed by atoms with Gasteiger partial charge in [0.25, 0.3) is 11.8 Å². The molecule has 0 atom stereocenters. The van der Waals surface area contributed by atoms with Crippen LogP contribution in [0.1, 0.15) is 52.8 Å². The highest BCUT2D eigenvalue weighted by Gasteiger charge is 2.32. The van der Waals surface area contributed by atoms with Gasteiger partial charge in [-0.15, -0.1) is 11.3 Å². The molecule has 1 heterocycles. The van der Waals surface area contributed by atoms with Gasteiger partial charge in [-0.05, 0) is 31.0 Å². The molecule has 1 fully saturated rings. The zero-order chi connectivity index (χ0) is 19.6. The van der Waals surface area contributed by atoms with Crippen LogP contribution in [-0.2, 0) is 9.84 Å². The minimum atomic E-state index is -3.62. The molecule has 27 heavy (non-hydrogen) atoms. The van der Waals surface area contributed by atoms with E-state index in [0.29, 0.717) is 12.8 Å². The van der Waals surface area contributed by atoms with Crippen molar-refractivity contribution in [1.82, 2.24) is 0 Å². The van der Waals surface area contributed by atoms with Crippen LogP contribution in [-0.4, -0.2) is 25.5 Å². The molecule has 2 amide bonds. The number of hydrogen-bond acceptors (Lipinski definition) is 5. The van der Waals surface area contributed by atoms with Crippen molar-refractivity contribution in [2.75, 3.05) is 5.32 Å². The number of hydrogen-bond donors (Lipinski definition) is 2. The third-order valence-corrected chi connectivity index (χ3v) is 8.41. The van der Waals surface area contributed by atoms with Crippen molar-refractivity contribution in [2.45, 2.75) is 41.6 Å². The number of nitrogens with one attached hydrogen (secondary N) is 1. The summed E-state index contributed by atoms with van der Waals surface area (Å²) in [6, 6.07) is 6.58. The van der Waals surface area contributed by atoms with Crippen molar-refractivity contribution >= 4 is 38.0 Å². The number of halogens is 1. The molecule has 6 nitrogen and oxygen atoms in total. The Bertz CT molecular complexity index is 979. The quantitative estimate of drug-likeness (QED) is 0.788. The summed E-state index contributed by atoms with van der Waals surface area (Å²) in [5, 5.41) is 1.92. The van der Waals surface area contributed by atoms with Crippen molar-refractivity contribution in [1.29, 1.82) is 0 Å². The van der Waals surface area contributed by atoms with Crippen LogP contribution in [0.25, 0.3) is 0 Å². The van der Waals surface area contributed by atoms with E-state index >= 15 is 0 Å². The molecule has 3 N–H and O–H groups in total. The Labute approximate surface area is 160 Å². The molecule has 0 radical (unpaired) electrons. The summed E-state index contributed by atoms with van der Waals surface area (Å²) >= 11 is 0.774. The number of thiophene rings is 1. The first-order chi connectivity index (χ1) is 12.8. The molecule has 144 valence electrons. The first kappa shape index (κ1) is 19.5. The van der Waals surface area contributed by atoms with E-state index < -0.39 is 32.7 Å². The Morgan fingerprint density at radius 2 is 1.78 bits per heavy atom. The van der Waals surface area contributed by atoms with Gasteiger partial charge in [0.05, 0.1) is 16.4 Å². The lowest BCUT2D eigenvalue weighted by atomic mass is 10.0. The lowest BCUT2D eigenvalue weighted by molar-refractivity contribution is 0.100. The van der Waals surface area contributed by atoms with Gasteiger partial charge in [-0.1, -0.05) is 31.4 Å². The highest BCUT2D eigenvalue weighted by atomic mass is 32.2. The van der Waals surface area contributed by atoms with E-state index in [1.807, 2.05) is 0 Å². The van der Waals surface area contributed by atoms with Crippen molar-refractivity contribution in [2.24, 2.45) is 5.73 Å². The van der Waals surface area contributed by atoms with Gasteiger partial charge in [0.15, 0.2) is 9.84 Å². The van der Waals surface area contributed by atoms with Gasteiger partial charge in [0.1, 0.15) is 15.0 Å². The average Bonchev–Trinajstić information content (AvgIpc) is 3.07. The highest BCUT2D eigenvalue weighted by Crippen LogP contribution is 2.37. The van der Waals surface area contributed by atoms with E-state index in [2.05, 4.69) is 5.32 Å². The zero-order valence-corrected chi connectivity index (χ0v) is 16.0. The van der Waals surface area contributed by atoms with Crippen LogP contribution >= 0.6 is 11.3 Å². The average molecular weight is 410 g/mol. The number of benzene rings is 1. The Balaban J connectivity index is 1.93. The molecule has 1 saturated carbocycles. The first-order valence-electron chi connectivity index (χ1n) is 8.54. The molecular weight excluding hydrogens is 391 g/mol. The second kappa shape index (κ2) is 7.77. The Morgan fingerprint density at radius 3 is 2.41 bits per heavy atom. The second-order valence-electron chi connectivity index (χ2n) is 6.41. The molecule has 1 aliphatic rings. The van der Waals surface area contributed by atoms with E-state index in [-0.39, 0.29) is 20.3 Å². The molecule has 0 unspecified atom stereocenters. The molecule has 0 saturated heterocycles. The summed E-state index contributed by atoms with van der Waals surface area (Å²) in [6.45, 7) is 0. The van der Waals surface area contributed by atoms with Crippen LogP contribution in [0.5, 0.6) is 0 Å². The van der Waals surface area contributed by atoms with Crippen LogP contribution in [0.15, 0.2) is 34.5 Å². The normalized spacial score (nSPS) is 15.4. The smallest absolute Gasteiger partial charge is 0.259 e. The van der Waals surface area contributed by atoms with Crippen molar-refractivity contribution in [3.8, 4) is 0 Å². The maximum atomic E-state index is 13.8. The maximum absolute atomic E-state index is 13.8. The predicted molar refractivity (Wildman–Crippen MR) is 101 cm³/mol. The fraction of sp³-hybridized carbons (Fsp3) is 0.333. The number of anilines is 1. The molecule has 0 bridgehead atoms. The van der Waals surface area contributed by atoms with Crippen LogP contribution in [0.4, 0.5) is 9.39 Å². The molecule has 0 spiro atoms. The van der Waals surface area contributed by atoms with Gasteiger partial charge in [-0.25, -0.2) is 12.8 Å². The molecule has 0 aliphatic heterocycles. The van der Waals surface area contributed by atoms with Crippen LogP contribution < -0.4 is 11.1 Å². The predicted octanol–water partition coefficient (Wildman–Crippen LogP) is 3.34. The Hall–Kier alpha value is -2.26. The van der Waals surface area contributed by atoms with Gasteiger partial charge in [0, 0.05) is 0 Å². The van der Waals surface area contributed by atoms with Gasteiger partial charge < -0.3 is 11.1 Å². The summed E-state index contributed by atoms with van der Waals surface area (Å²) in [6.07, 6.45) is 3.84. The summed E-state index contributed by atoms with van der Waals surface area (Å²) in [5.74, 6) is -2.36. The van der Waals surface area contributed by atoms with Crippen LogP contribution in [0, 0.1) is 5.82 Å². The van der Waals surface area contributed by atoms with Gasteiger partial charge >= 0.3 is 0 Å². The minimum Gasteiger partial charge on any atom is -0.366 e. The van der Waals surface area contributed by atoms with Crippen molar-refractivity contribution in [3.63, 3.8) is 0 Å². The largest absolute Gasteiger partial charge is 0.366 e. The molecule has 9 heteroatoms. The lowest BCUT2D eigenvalue weighted by Gasteiger charge is -2.20. The van der Waals surface area contributed by atoms with Crippen molar-refractivity contribution in [3.05, 3.63) is 47.3 Å². The number of sulfone groups is 1. The maximum Gasteiger partial charge on any atom is 0.259 e. The lowest BCUT2D eigenvalue weighted by Crippen LogP contribution is -2.23. The standard InChI is InChI=1S/C18H19FN2O4S2/c19-14-9-5-4-8-12(14)17(23)21-18-13(16(20)22)10-15(26-18)27(24,25)11-6-2-1-3-7-11/h4-5,8-11H,1-3,6-7H2,(H2,20,22)(H,21,23). The molecular formula is C18H19FN2O4S2. The number of rotatable bonds is 5. The Kier molecular flexibility index (Phi) is 5.61. The molecule has 1 aromatic heterocycles. The third-order valence-electron chi connectivity index (χ3n) is 4.59. The number of carbonyl (C=O) groups excluding carboxylic acids is 2. The molecule has 1 aromatic carbocycles. The fourth-order valence-electron chi connectivity index (χ4n) is 3.14. The van der Waals surface area contributed by atoms with Gasteiger partial charge in [0.2, 0.25) is 0 Å². The number of nitrogens with two attached hydrogens (primary N) is 1. The SMILES string of the molecule is NC(=O)c1cc(S(=O)(=O)C2CCCCC2)sc1NC(=O)c1ccccc1F. The van der Waals surface area contributed by atoms with E-state index in [0.717, 1.165) is 36.7 Å². The van der Waals surface area contributed by atoms with Crippen molar-refractivity contribution < 1.29 is 22.4 Å². The van der Waals surface area contributed by atoms with Gasteiger partial charge in [-0.2, -0.15) is 0 Å². The number of amides is 2. The van der Waals surface area contributed by atoms with E-state index in [9.17, 15) is 22.4 Å². The monoisotopic (exact) mass is 410 g/mol. The third kappa shape index (κ3) is 4.03. The van der Waals surface area contributed by atoms with Crippen LogP contribution in [0.3, 0.4) is 0 Å². The topological polar surface area (TPSA) is 106 Å². The summed E-state index contributed by atoms with van der Waals surface area (Å²) in [5.41, 5.74) is 5.03. The number of carbonyl (C=O) groups is 2. The summed E-state index contributed by atoms with van der Waals surface area (Å²) in [7, 11) is -3.62. The summed E-state index contributed by atoms with van der Waals surface area (Å²) < 4.78 is 39.5. The fourth-order valence-corrected chi connectivity index (χ4v) is 6.62. The second-order valence-corrected chi connectivity index (χ2v) is 9.92. The number of primary amides is 1. The van der Waals surface area contributed by atoms with Gasteiger partial charge in [-0.3, -0.25) is 9.59 Å². The first-order valence-corrected chi connectivity index (χ1v) is 10.9. The molecule has 3 rings (SSSR count). The zero-order valence-electron chi connectivity index (χ0n) is 14.4. The van der Waals surface area contributed by atoms with E-state index in [1.165, 1.54) is 24.3 Å².